The number of aromatic nitrogens is 1. The Morgan fingerprint density at radius 2 is 2.05 bits per heavy atom. The van der Waals surface area contributed by atoms with E-state index >= 15 is 0 Å². The van der Waals surface area contributed by atoms with Crippen LogP contribution in [0.5, 0.6) is 0 Å². The molecule has 0 saturated heterocycles. The maximum absolute atomic E-state index is 13.8. The van der Waals surface area contributed by atoms with Gasteiger partial charge in [-0.25, -0.2) is 4.39 Å². The SMILES string of the molecule is NCC#Cc1ccc(NC(=O)c2ccncc2)c(F)c1. The highest BCUT2D eigenvalue weighted by molar-refractivity contribution is 6.04. The molecule has 4 nitrogen and oxygen atoms in total. The molecule has 2 aromatic rings. The van der Waals surface area contributed by atoms with Crippen molar-refractivity contribution in [1.29, 1.82) is 0 Å². The van der Waals surface area contributed by atoms with Crippen LogP contribution in [0.15, 0.2) is 42.7 Å². The third kappa shape index (κ3) is 3.40. The van der Waals surface area contributed by atoms with Crippen LogP contribution in [0.25, 0.3) is 0 Å². The van der Waals surface area contributed by atoms with Crippen LogP contribution in [0, 0.1) is 17.7 Å². The lowest BCUT2D eigenvalue weighted by molar-refractivity contribution is 0.102. The molecule has 0 radical (unpaired) electrons. The number of pyridine rings is 1. The Morgan fingerprint density at radius 3 is 2.70 bits per heavy atom. The molecule has 0 bridgehead atoms. The number of nitrogens with zero attached hydrogens (tertiary/aromatic N) is 1. The van der Waals surface area contributed by atoms with Crippen LogP contribution in [0.3, 0.4) is 0 Å². The second kappa shape index (κ2) is 6.45. The van der Waals surface area contributed by atoms with Gasteiger partial charge in [-0.3, -0.25) is 9.78 Å². The Hall–Kier alpha value is -2.71. The first kappa shape index (κ1) is 13.7. The van der Waals surface area contributed by atoms with Gasteiger partial charge in [0.1, 0.15) is 5.82 Å². The van der Waals surface area contributed by atoms with Crippen LogP contribution in [0.4, 0.5) is 10.1 Å². The normalized spacial score (nSPS) is 9.50. The summed E-state index contributed by atoms with van der Waals surface area (Å²) in [6.07, 6.45) is 2.99. The van der Waals surface area contributed by atoms with Gasteiger partial charge >= 0.3 is 0 Å². The van der Waals surface area contributed by atoms with Crippen molar-refractivity contribution in [3.63, 3.8) is 0 Å². The van der Waals surface area contributed by atoms with Gasteiger partial charge in [-0.2, -0.15) is 0 Å². The first-order valence-corrected chi connectivity index (χ1v) is 5.90. The molecule has 0 spiro atoms. The Labute approximate surface area is 115 Å². The molecule has 100 valence electrons. The molecule has 1 aromatic heterocycles. The van der Waals surface area contributed by atoms with E-state index in [1.165, 1.54) is 24.5 Å². The predicted molar refractivity (Wildman–Crippen MR) is 74.5 cm³/mol. The molecule has 1 heterocycles. The highest BCUT2D eigenvalue weighted by Gasteiger charge is 2.09. The number of rotatable bonds is 2. The summed E-state index contributed by atoms with van der Waals surface area (Å²) in [6.45, 7) is 0.210. The number of hydrogen-bond acceptors (Lipinski definition) is 3. The first-order valence-electron chi connectivity index (χ1n) is 5.90. The van der Waals surface area contributed by atoms with Crippen molar-refractivity contribution in [2.24, 2.45) is 5.73 Å². The standard InChI is InChI=1S/C15H12FN3O/c16-13-10-11(2-1-7-17)3-4-14(13)19-15(20)12-5-8-18-9-6-12/h3-6,8-10H,7,17H2,(H,19,20). The summed E-state index contributed by atoms with van der Waals surface area (Å²) in [5, 5.41) is 2.50. The van der Waals surface area contributed by atoms with E-state index in [1.54, 1.807) is 18.2 Å². The minimum atomic E-state index is -0.545. The minimum absolute atomic E-state index is 0.102. The zero-order valence-corrected chi connectivity index (χ0v) is 10.6. The van der Waals surface area contributed by atoms with Gasteiger partial charge in [-0.15, -0.1) is 0 Å². The summed E-state index contributed by atoms with van der Waals surface area (Å²) in [6, 6.07) is 7.44. The molecule has 5 heteroatoms. The zero-order chi connectivity index (χ0) is 14.4. The molecule has 0 aliphatic rings. The van der Waals surface area contributed by atoms with Crippen molar-refractivity contribution in [1.82, 2.24) is 4.98 Å². The number of hydrogen-bond donors (Lipinski definition) is 2. The van der Waals surface area contributed by atoms with Gasteiger partial charge in [0, 0.05) is 23.5 Å². The number of nitrogens with one attached hydrogen (secondary N) is 1. The molecular weight excluding hydrogens is 257 g/mol. The Bertz CT molecular complexity index is 675. The second-order valence-electron chi connectivity index (χ2n) is 3.89. The molecule has 0 fully saturated rings. The number of nitrogens with two attached hydrogens (primary N) is 1. The summed E-state index contributed by atoms with van der Waals surface area (Å²) in [4.78, 5) is 15.7. The molecular formula is C15H12FN3O. The molecule has 2 rings (SSSR count). The van der Waals surface area contributed by atoms with E-state index < -0.39 is 11.7 Å². The average Bonchev–Trinajstić information content (AvgIpc) is 2.48. The lowest BCUT2D eigenvalue weighted by atomic mass is 10.2. The van der Waals surface area contributed by atoms with Gasteiger partial charge in [0.2, 0.25) is 0 Å². The van der Waals surface area contributed by atoms with E-state index in [0.717, 1.165) is 0 Å². The highest BCUT2D eigenvalue weighted by Crippen LogP contribution is 2.16. The number of benzene rings is 1. The summed E-state index contributed by atoms with van der Waals surface area (Å²) in [7, 11) is 0. The predicted octanol–water partition coefficient (Wildman–Crippen LogP) is 1.78. The molecule has 1 amide bonds. The van der Waals surface area contributed by atoms with Crippen LogP contribution in [-0.2, 0) is 0 Å². The molecule has 0 unspecified atom stereocenters. The average molecular weight is 269 g/mol. The molecule has 1 aromatic carbocycles. The van der Waals surface area contributed by atoms with Crippen molar-refractivity contribution < 1.29 is 9.18 Å². The maximum Gasteiger partial charge on any atom is 0.255 e. The van der Waals surface area contributed by atoms with Gasteiger partial charge in [-0.05, 0) is 30.3 Å². The van der Waals surface area contributed by atoms with Gasteiger partial charge in [0.15, 0.2) is 0 Å². The van der Waals surface area contributed by atoms with E-state index in [0.29, 0.717) is 11.1 Å². The van der Waals surface area contributed by atoms with E-state index in [2.05, 4.69) is 22.1 Å². The molecule has 0 atom stereocenters. The minimum Gasteiger partial charge on any atom is -0.320 e. The second-order valence-corrected chi connectivity index (χ2v) is 3.89. The third-order valence-corrected chi connectivity index (χ3v) is 2.49. The molecule has 0 aliphatic heterocycles. The number of carbonyl (C=O) groups is 1. The molecule has 0 saturated carbocycles. The van der Waals surface area contributed by atoms with Crippen LogP contribution >= 0.6 is 0 Å². The van der Waals surface area contributed by atoms with Crippen molar-refractivity contribution in [3.05, 3.63) is 59.7 Å². The Morgan fingerprint density at radius 1 is 1.30 bits per heavy atom. The lowest BCUT2D eigenvalue weighted by Gasteiger charge is -2.06. The smallest absolute Gasteiger partial charge is 0.255 e. The van der Waals surface area contributed by atoms with E-state index in [-0.39, 0.29) is 12.2 Å². The fourth-order valence-corrected chi connectivity index (χ4v) is 1.55. The number of anilines is 1. The Balaban J connectivity index is 2.16. The molecule has 20 heavy (non-hydrogen) atoms. The van der Waals surface area contributed by atoms with E-state index in [1.807, 2.05) is 0 Å². The van der Waals surface area contributed by atoms with Gasteiger partial charge in [-0.1, -0.05) is 11.8 Å². The van der Waals surface area contributed by atoms with Gasteiger partial charge < -0.3 is 11.1 Å². The summed E-state index contributed by atoms with van der Waals surface area (Å²) in [5.41, 5.74) is 6.26. The highest BCUT2D eigenvalue weighted by atomic mass is 19.1. The van der Waals surface area contributed by atoms with Crippen molar-refractivity contribution in [3.8, 4) is 11.8 Å². The van der Waals surface area contributed by atoms with E-state index in [4.69, 9.17) is 5.73 Å². The topological polar surface area (TPSA) is 68.0 Å². The third-order valence-electron chi connectivity index (χ3n) is 2.49. The fourth-order valence-electron chi connectivity index (χ4n) is 1.55. The van der Waals surface area contributed by atoms with Crippen molar-refractivity contribution in [2.45, 2.75) is 0 Å². The van der Waals surface area contributed by atoms with Crippen molar-refractivity contribution in [2.75, 3.05) is 11.9 Å². The lowest BCUT2D eigenvalue weighted by Crippen LogP contribution is -2.13. The van der Waals surface area contributed by atoms with Crippen LogP contribution < -0.4 is 11.1 Å². The quantitative estimate of drug-likeness (QED) is 0.817. The monoisotopic (exact) mass is 269 g/mol. The summed E-state index contributed by atoms with van der Waals surface area (Å²) < 4.78 is 13.8. The number of carbonyl (C=O) groups excluding carboxylic acids is 1. The molecule has 0 aliphatic carbocycles. The van der Waals surface area contributed by atoms with Crippen LogP contribution in [0.2, 0.25) is 0 Å². The number of amides is 1. The first-order chi connectivity index (χ1) is 9.70. The summed E-state index contributed by atoms with van der Waals surface area (Å²) in [5.74, 6) is 4.41. The fraction of sp³-hybridized carbons (Fsp3) is 0.0667. The van der Waals surface area contributed by atoms with Gasteiger partial charge in [0.05, 0.1) is 12.2 Å². The maximum atomic E-state index is 13.8. The Kier molecular flexibility index (Phi) is 4.43. The largest absolute Gasteiger partial charge is 0.320 e. The van der Waals surface area contributed by atoms with E-state index in [9.17, 15) is 9.18 Å². The zero-order valence-electron chi connectivity index (χ0n) is 10.6. The van der Waals surface area contributed by atoms with Crippen molar-refractivity contribution >= 4 is 11.6 Å². The summed E-state index contributed by atoms with van der Waals surface area (Å²) >= 11 is 0. The number of halogens is 1. The molecule has 3 N–H and O–H groups in total. The van der Waals surface area contributed by atoms with Gasteiger partial charge in [0.25, 0.3) is 5.91 Å². The van der Waals surface area contributed by atoms with Crippen LogP contribution in [-0.4, -0.2) is 17.4 Å². The van der Waals surface area contributed by atoms with Crippen LogP contribution in [0.1, 0.15) is 15.9 Å².